The molecular formula is C25H28N5O2P. The lowest BCUT2D eigenvalue weighted by atomic mass is 10.0. The number of fused-ring (bicyclic) bond motifs is 1. The van der Waals surface area contributed by atoms with Gasteiger partial charge in [0.2, 0.25) is 0 Å². The number of aryl methyl sites for hydroxylation is 2. The molecule has 170 valence electrons. The van der Waals surface area contributed by atoms with Gasteiger partial charge >= 0.3 is 0 Å². The summed E-state index contributed by atoms with van der Waals surface area (Å²) in [6.45, 7) is 5.80. The van der Waals surface area contributed by atoms with Crippen LogP contribution in [0.1, 0.15) is 11.5 Å². The second-order valence-corrected chi connectivity index (χ2v) is 6.89. The van der Waals surface area contributed by atoms with Crippen molar-refractivity contribution in [3.05, 3.63) is 84.6 Å². The first-order valence-electron chi connectivity index (χ1n) is 10.4. The number of benzene rings is 2. The van der Waals surface area contributed by atoms with Gasteiger partial charge in [0.1, 0.15) is 29.2 Å². The molecule has 1 unspecified atom stereocenters. The molecule has 2 aromatic carbocycles. The topological polar surface area (TPSA) is 88.5 Å². The molecule has 0 saturated carbocycles. The quantitative estimate of drug-likeness (QED) is 0.343. The zero-order valence-corrected chi connectivity index (χ0v) is 20.3. The molecule has 3 heterocycles. The summed E-state index contributed by atoms with van der Waals surface area (Å²) < 4.78 is 7.27. The molecule has 7 nitrogen and oxygen atoms in total. The van der Waals surface area contributed by atoms with Crippen LogP contribution < -0.4 is 5.32 Å². The molecule has 5 rings (SSSR count). The van der Waals surface area contributed by atoms with Gasteiger partial charge in [-0.2, -0.15) is 0 Å². The molecule has 8 heteroatoms. The van der Waals surface area contributed by atoms with Crippen LogP contribution in [0.4, 0.5) is 11.5 Å². The highest BCUT2D eigenvalue weighted by molar-refractivity contribution is 7.15. The standard InChI is InChI=1S/C23H19N5O.CH4O.CH5P/c1-15-21(16(2)29-27-15)17-8-10-18(11-9-17)22-23(25-19-6-4-3-5-7-19)28-14-24-13-12-20(28)26-22;2*1-2/h3-14,25H,1-2H3;2H,1H3;2H2,1H3. The summed E-state index contributed by atoms with van der Waals surface area (Å²) in [5, 5.41) is 14.5. The number of hydrogen-bond donors (Lipinski definition) is 2. The third-order valence-corrected chi connectivity index (χ3v) is 4.95. The summed E-state index contributed by atoms with van der Waals surface area (Å²) in [4.78, 5) is 9.09. The minimum absolute atomic E-state index is 0.820. The second-order valence-electron chi connectivity index (χ2n) is 6.89. The molecule has 0 amide bonds. The molecule has 0 aliphatic rings. The van der Waals surface area contributed by atoms with Crippen LogP contribution >= 0.6 is 9.24 Å². The Bertz CT molecular complexity index is 1280. The van der Waals surface area contributed by atoms with Crippen LogP contribution in [-0.4, -0.2) is 38.4 Å². The molecule has 0 aliphatic carbocycles. The Kier molecular flexibility index (Phi) is 8.30. The summed E-state index contributed by atoms with van der Waals surface area (Å²) in [5.41, 5.74) is 6.72. The Morgan fingerprint density at radius 3 is 2.21 bits per heavy atom. The Hall–Kier alpha value is -3.54. The number of para-hydroxylation sites is 1. The zero-order valence-electron chi connectivity index (χ0n) is 19.1. The predicted molar refractivity (Wildman–Crippen MR) is 137 cm³/mol. The normalized spacial score (nSPS) is 10.1. The monoisotopic (exact) mass is 461 g/mol. The second kappa shape index (κ2) is 11.4. The van der Waals surface area contributed by atoms with Crippen molar-refractivity contribution in [1.82, 2.24) is 19.5 Å². The Balaban J connectivity index is 0.000000728. The molecule has 3 aromatic heterocycles. The highest BCUT2D eigenvalue weighted by atomic mass is 31.0. The lowest BCUT2D eigenvalue weighted by Crippen LogP contribution is -1.97. The van der Waals surface area contributed by atoms with Crippen molar-refractivity contribution in [3.63, 3.8) is 0 Å². The van der Waals surface area contributed by atoms with E-state index in [0.29, 0.717) is 0 Å². The summed E-state index contributed by atoms with van der Waals surface area (Å²) in [5.74, 6) is 1.70. The summed E-state index contributed by atoms with van der Waals surface area (Å²) >= 11 is 0. The zero-order chi connectivity index (χ0) is 23.8. The van der Waals surface area contributed by atoms with Gasteiger partial charge in [-0.1, -0.05) is 54.3 Å². The molecule has 2 N–H and O–H groups in total. The average molecular weight is 462 g/mol. The van der Waals surface area contributed by atoms with E-state index in [1.54, 1.807) is 12.5 Å². The number of nitrogens with zero attached hydrogens (tertiary/aromatic N) is 4. The van der Waals surface area contributed by atoms with Crippen LogP contribution in [0.25, 0.3) is 28.0 Å². The van der Waals surface area contributed by atoms with Crippen LogP contribution in [-0.2, 0) is 0 Å². The van der Waals surface area contributed by atoms with Gasteiger partial charge in [-0.15, -0.1) is 9.24 Å². The van der Waals surface area contributed by atoms with E-state index < -0.39 is 0 Å². The minimum Gasteiger partial charge on any atom is -0.400 e. The van der Waals surface area contributed by atoms with E-state index in [4.69, 9.17) is 14.6 Å². The van der Waals surface area contributed by atoms with Crippen molar-refractivity contribution in [3.8, 4) is 22.4 Å². The number of hydrogen-bond acceptors (Lipinski definition) is 6. The Labute approximate surface area is 195 Å². The van der Waals surface area contributed by atoms with Gasteiger partial charge in [-0.3, -0.25) is 4.40 Å². The van der Waals surface area contributed by atoms with Crippen LogP contribution in [0.5, 0.6) is 0 Å². The lowest BCUT2D eigenvalue weighted by molar-refractivity contribution is 0.393. The van der Waals surface area contributed by atoms with Gasteiger partial charge in [0.25, 0.3) is 0 Å². The molecule has 0 bridgehead atoms. The third-order valence-electron chi connectivity index (χ3n) is 4.95. The molecule has 0 spiro atoms. The van der Waals surface area contributed by atoms with E-state index in [-0.39, 0.29) is 0 Å². The van der Waals surface area contributed by atoms with Gasteiger partial charge in [-0.05, 0) is 37.6 Å². The van der Waals surface area contributed by atoms with Crippen LogP contribution in [0.15, 0.2) is 77.7 Å². The van der Waals surface area contributed by atoms with E-state index in [1.807, 2.05) is 61.3 Å². The molecule has 33 heavy (non-hydrogen) atoms. The maximum atomic E-state index is 7.00. The molecule has 1 atom stereocenters. The van der Waals surface area contributed by atoms with Crippen molar-refractivity contribution in [2.45, 2.75) is 13.8 Å². The first-order chi connectivity index (χ1) is 16.2. The maximum absolute atomic E-state index is 7.00. The van der Waals surface area contributed by atoms with Gasteiger partial charge < -0.3 is 14.9 Å². The largest absolute Gasteiger partial charge is 0.400 e. The van der Waals surface area contributed by atoms with Gasteiger partial charge in [0.05, 0.1) is 5.69 Å². The Morgan fingerprint density at radius 2 is 1.58 bits per heavy atom. The first kappa shape index (κ1) is 24.1. The molecule has 5 aromatic rings. The summed E-state index contributed by atoms with van der Waals surface area (Å²) in [7, 11) is 3.42. The minimum atomic E-state index is 0.820. The summed E-state index contributed by atoms with van der Waals surface area (Å²) in [6.07, 6.45) is 3.52. The predicted octanol–water partition coefficient (Wildman–Crippen LogP) is 5.51. The SMILES string of the molecule is CO.CP.Cc1noc(C)c1-c1ccc(-c2nc3ccncn3c2Nc2ccccc2)cc1. The number of aromatic nitrogens is 4. The van der Waals surface area contributed by atoms with Crippen LogP contribution in [0.3, 0.4) is 0 Å². The van der Waals surface area contributed by atoms with Crippen molar-refractivity contribution in [2.24, 2.45) is 0 Å². The van der Waals surface area contributed by atoms with Gasteiger partial charge in [0.15, 0.2) is 0 Å². The van der Waals surface area contributed by atoms with E-state index in [2.05, 4.69) is 49.0 Å². The van der Waals surface area contributed by atoms with E-state index in [9.17, 15) is 0 Å². The number of aliphatic hydroxyl groups is 1. The molecule has 0 saturated heterocycles. The van der Waals surface area contributed by atoms with Crippen molar-refractivity contribution >= 4 is 26.4 Å². The van der Waals surface area contributed by atoms with E-state index in [1.165, 1.54) is 0 Å². The van der Waals surface area contributed by atoms with Crippen LogP contribution in [0.2, 0.25) is 0 Å². The highest BCUT2D eigenvalue weighted by Crippen LogP contribution is 2.33. The average Bonchev–Trinajstić information content (AvgIpc) is 3.42. The van der Waals surface area contributed by atoms with E-state index >= 15 is 0 Å². The van der Waals surface area contributed by atoms with Crippen molar-refractivity contribution in [1.29, 1.82) is 0 Å². The molecular weight excluding hydrogens is 433 g/mol. The van der Waals surface area contributed by atoms with Crippen LogP contribution in [0, 0.1) is 13.8 Å². The lowest BCUT2D eigenvalue weighted by Gasteiger charge is -2.09. The highest BCUT2D eigenvalue weighted by Gasteiger charge is 2.16. The fourth-order valence-electron chi connectivity index (χ4n) is 3.57. The number of aliphatic hydroxyl groups excluding tert-OH is 1. The van der Waals surface area contributed by atoms with Crippen molar-refractivity contribution in [2.75, 3.05) is 19.1 Å². The number of imidazole rings is 1. The fraction of sp³-hybridized carbons (Fsp3) is 0.160. The number of nitrogens with one attached hydrogen (secondary N) is 1. The third kappa shape index (κ3) is 5.11. The number of rotatable bonds is 4. The molecule has 0 fully saturated rings. The maximum Gasteiger partial charge on any atom is 0.144 e. The molecule has 0 aliphatic heterocycles. The Morgan fingerprint density at radius 1 is 0.909 bits per heavy atom. The first-order valence-corrected chi connectivity index (χ1v) is 11.6. The smallest absolute Gasteiger partial charge is 0.144 e. The molecule has 0 radical (unpaired) electrons. The van der Waals surface area contributed by atoms with Gasteiger partial charge in [-0.25, -0.2) is 9.97 Å². The fourth-order valence-corrected chi connectivity index (χ4v) is 3.57. The van der Waals surface area contributed by atoms with Crippen molar-refractivity contribution < 1.29 is 9.63 Å². The number of anilines is 2. The summed E-state index contributed by atoms with van der Waals surface area (Å²) in [6, 6.07) is 20.3. The van der Waals surface area contributed by atoms with Gasteiger partial charge in [0, 0.05) is 30.1 Å². The van der Waals surface area contributed by atoms with E-state index in [0.717, 1.165) is 58.1 Å².